The summed E-state index contributed by atoms with van der Waals surface area (Å²) in [5.74, 6) is -0.282. The number of hydrogen-bond acceptors (Lipinski definition) is 3. The Bertz CT molecular complexity index is 631. The fraction of sp³-hybridized carbons (Fsp3) is 0.167. The number of aromatic nitrogens is 1. The molecule has 1 heterocycles. The van der Waals surface area contributed by atoms with Gasteiger partial charge in [-0.25, -0.2) is 0 Å². The lowest BCUT2D eigenvalue weighted by Crippen LogP contribution is -2.21. The zero-order valence-electron chi connectivity index (χ0n) is 9.41. The molecule has 0 aliphatic carbocycles. The molecule has 88 valence electrons. The molecule has 0 aliphatic heterocycles. The molecular formula is C12H13N3O2. The first-order chi connectivity index (χ1) is 8.15. The number of hydrogen-bond donors (Lipinski definition) is 3. The van der Waals surface area contributed by atoms with E-state index in [0.717, 1.165) is 5.56 Å². The van der Waals surface area contributed by atoms with Crippen LogP contribution < -0.4 is 16.6 Å². The van der Waals surface area contributed by atoms with Crippen molar-refractivity contribution < 1.29 is 4.79 Å². The van der Waals surface area contributed by atoms with E-state index in [-0.39, 0.29) is 11.5 Å². The fourth-order valence-corrected chi connectivity index (χ4v) is 1.75. The predicted molar refractivity (Wildman–Crippen MR) is 65.9 cm³/mol. The van der Waals surface area contributed by atoms with Gasteiger partial charge in [-0.3, -0.25) is 9.59 Å². The van der Waals surface area contributed by atoms with Gasteiger partial charge in [0.25, 0.3) is 5.91 Å². The summed E-state index contributed by atoms with van der Waals surface area (Å²) in [4.78, 5) is 25.8. The summed E-state index contributed by atoms with van der Waals surface area (Å²) in [5, 5.41) is 3.22. The van der Waals surface area contributed by atoms with Crippen LogP contribution >= 0.6 is 0 Å². The molecule has 0 bridgehead atoms. The topological polar surface area (TPSA) is 88.0 Å². The van der Waals surface area contributed by atoms with Gasteiger partial charge in [0, 0.05) is 30.6 Å². The van der Waals surface area contributed by atoms with Crippen LogP contribution in [0.1, 0.15) is 15.9 Å². The number of benzene rings is 1. The van der Waals surface area contributed by atoms with Gasteiger partial charge in [0.2, 0.25) is 5.56 Å². The Kier molecular flexibility index (Phi) is 2.93. The normalized spacial score (nSPS) is 10.5. The van der Waals surface area contributed by atoms with Gasteiger partial charge in [-0.05, 0) is 17.7 Å². The number of pyridine rings is 1. The lowest BCUT2D eigenvalue weighted by molar-refractivity contribution is 0.0964. The van der Waals surface area contributed by atoms with E-state index in [9.17, 15) is 9.59 Å². The molecule has 5 nitrogen and oxygen atoms in total. The van der Waals surface area contributed by atoms with Gasteiger partial charge in [-0.2, -0.15) is 0 Å². The van der Waals surface area contributed by atoms with Crippen molar-refractivity contribution in [2.45, 2.75) is 6.54 Å². The van der Waals surface area contributed by atoms with Crippen LogP contribution in [0.25, 0.3) is 10.9 Å². The van der Waals surface area contributed by atoms with Crippen molar-refractivity contribution in [1.29, 1.82) is 0 Å². The second-order valence-electron chi connectivity index (χ2n) is 3.71. The van der Waals surface area contributed by atoms with E-state index < -0.39 is 0 Å². The third-order valence-corrected chi connectivity index (χ3v) is 2.61. The minimum Gasteiger partial charge on any atom is -0.355 e. The molecule has 5 heteroatoms. The Hall–Kier alpha value is -2.14. The number of amides is 1. The van der Waals surface area contributed by atoms with Crippen LogP contribution in [-0.4, -0.2) is 17.9 Å². The van der Waals surface area contributed by atoms with Crippen molar-refractivity contribution in [3.63, 3.8) is 0 Å². The highest BCUT2D eigenvalue weighted by atomic mass is 16.1. The van der Waals surface area contributed by atoms with Crippen LogP contribution in [0.5, 0.6) is 0 Å². The smallest absolute Gasteiger partial charge is 0.251 e. The highest BCUT2D eigenvalue weighted by Crippen LogP contribution is 2.16. The van der Waals surface area contributed by atoms with Gasteiger partial charge in [0.1, 0.15) is 0 Å². The molecule has 1 aromatic carbocycles. The maximum Gasteiger partial charge on any atom is 0.251 e. The van der Waals surface area contributed by atoms with Gasteiger partial charge >= 0.3 is 0 Å². The summed E-state index contributed by atoms with van der Waals surface area (Å²) in [5.41, 5.74) is 7.17. The zero-order chi connectivity index (χ0) is 12.4. The Labute approximate surface area is 97.6 Å². The van der Waals surface area contributed by atoms with Gasteiger partial charge in [-0.15, -0.1) is 0 Å². The van der Waals surface area contributed by atoms with Gasteiger partial charge in [-0.1, -0.05) is 6.07 Å². The zero-order valence-corrected chi connectivity index (χ0v) is 9.41. The van der Waals surface area contributed by atoms with Gasteiger partial charge in [0.15, 0.2) is 0 Å². The molecular weight excluding hydrogens is 218 g/mol. The number of H-pyrrole nitrogens is 1. The van der Waals surface area contributed by atoms with Crippen molar-refractivity contribution in [3.8, 4) is 0 Å². The number of aromatic amines is 1. The van der Waals surface area contributed by atoms with E-state index in [0.29, 0.717) is 23.0 Å². The fourth-order valence-electron chi connectivity index (χ4n) is 1.75. The number of nitrogens with two attached hydrogens (primary N) is 1. The molecule has 0 fully saturated rings. The molecule has 0 aliphatic rings. The van der Waals surface area contributed by atoms with Crippen molar-refractivity contribution in [2.24, 2.45) is 5.73 Å². The Morgan fingerprint density at radius 1 is 1.41 bits per heavy atom. The quantitative estimate of drug-likeness (QED) is 0.696. The van der Waals surface area contributed by atoms with E-state index in [1.807, 2.05) is 12.1 Å². The van der Waals surface area contributed by atoms with Crippen molar-refractivity contribution >= 4 is 16.8 Å². The average Bonchev–Trinajstić information content (AvgIpc) is 2.36. The molecule has 0 radical (unpaired) electrons. The standard InChI is InChI=1S/C12H13N3O2/c1-14-12(17)9-5-11(16)15-10-3-2-7(6-13)4-8(9)10/h2-5H,6,13H2,1H3,(H,14,17)(H,15,16). The summed E-state index contributed by atoms with van der Waals surface area (Å²) in [6.07, 6.45) is 0. The maximum atomic E-state index is 11.7. The lowest BCUT2D eigenvalue weighted by Gasteiger charge is -2.06. The second kappa shape index (κ2) is 4.39. The number of fused-ring (bicyclic) bond motifs is 1. The highest BCUT2D eigenvalue weighted by Gasteiger charge is 2.10. The van der Waals surface area contributed by atoms with Crippen LogP contribution in [0, 0.1) is 0 Å². The minimum atomic E-state index is -0.295. The molecule has 0 atom stereocenters. The monoisotopic (exact) mass is 231 g/mol. The number of nitrogens with one attached hydrogen (secondary N) is 2. The highest BCUT2D eigenvalue weighted by molar-refractivity contribution is 6.05. The first-order valence-corrected chi connectivity index (χ1v) is 5.24. The second-order valence-corrected chi connectivity index (χ2v) is 3.71. The van der Waals surface area contributed by atoms with E-state index >= 15 is 0 Å². The maximum absolute atomic E-state index is 11.7. The van der Waals surface area contributed by atoms with E-state index in [1.54, 1.807) is 6.07 Å². The predicted octanol–water partition coefficient (Wildman–Crippen LogP) is 0.346. The third-order valence-electron chi connectivity index (χ3n) is 2.61. The third kappa shape index (κ3) is 2.05. The number of rotatable bonds is 2. The molecule has 0 saturated carbocycles. The van der Waals surface area contributed by atoms with Crippen molar-refractivity contribution in [1.82, 2.24) is 10.3 Å². The Morgan fingerprint density at radius 2 is 2.18 bits per heavy atom. The Morgan fingerprint density at radius 3 is 2.82 bits per heavy atom. The average molecular weight is 231 g/mol. The molecule has 0 spiro atoms. The molecule has 2 aromatic rings. The summed E-state index contributed by atoms with van der Waals surface area (Å²) in [6, 6.07) is 6.69. The van der Waals surface area contributed by atoms with E-state index in [1.165, 1.54) is 13.1 Å². The summed E-state index contributed by atoms with van der Waals surface area (Å²) in [7, 11) is 1.53. The summed E-state index contributed by atoms with van der Waals surface area (Å²) >= 11 is 0. The number of carbonyl (C=O) groups excluding carboxylic acids is 1. The van der Waals surface area contributed by atoms with Crippen LogP contribution in [0.2, 0.25) is 0 Å². The number of carbonyl (C=O) groups is 1. The van der Waals surface area contributed by atoms with Gasteiger partial charge in [0.05, 0.1) is 5.56 Å². The van der Waals surface area contributed by atoms with Crippen LogP contribution in [-0.2, 0) is 6.54 Å². The molecule has 4 N–H and O–H groups in total. The van der Waals surface area contributed by atoms with Crippen molar-refractivity contribution in [3.05, 3.63) is 45.7 Å². The summed E-state index contributed by atoms with van der Waals surface area (Å²) in [6.45, 7) is 0.391. The molecule has 0 unspecified atom stereocenters. The van der Waals surface area contributed by atoms with E-state index in [4.69, 9.17) is 5.73 Å². The Balaban J connectivity index is 2.79. The molecule has 1 amide bonds. The molecule has 17 heavy (non-hydrogen) atoms. The minimum absolute atomic E-state index is 0.282. The molecule has 2 rings (SSSR count). The van der Waals surface area contributed by atoms with Crippen LogP contribution in [0.3, 0.4) is 0 Å². The first-order valence-electron chi connectivity index (χ1n) is 5.24. The summed E-state index contributed by atoms with van der Waals surface area (Å²) < 4.78 is 0. The SMILES string of the molecule is CNC(=O)c1cc(=O)[nH]c2ccc(CN)cc12. The first kappa shape index (κ1) is 11.3. The van der Waals surface area contributed by atoms with Crippen LogP contribution in [0.15, 0.2) is 29.1 Å². The van der Waals surface area contributed by atoms with Crippen LogP contribution in [0.4, 0.5) is 0 Å². The van der Waals surface area contributed by atoms with E-state index in [2.05, 4.69) is 10.3 Å². The van der Waals surface area contributed by atoms with Crippen molar-refractivity contribution in [2.75, 3.05) is 7.05 Å². The van der Waals surface area contributed by atoms with Gasteiger partial charge < -0.3 is 16.0 Å². The lowest BCUT2D eigenvalue weighted by atomic mass is 10.1. The largest absolute Gasteiger partial charge is 0.355 e. The molecule has 1 aromatic heterocycles. The molecule has 0 saturated heterocycles.